The molecular weight excluding hydrogens is 348 g/mol. The molecule has 23 heavy (non-hydrogen) atoms. The van der Waals surface area contributed by atoms with Crippen molar-refractivity contribution in [3.8, 4) is 0 Å². The Morgan fingerprint density at radius 3 is 1.96 bits per heavy atom. The molecule has 0 aliphatic rings. The van der Waals surface area contributed by atoms with Crippen LogP contribution in [0.5, 0.6) is 0 Å². The molecule has 124 valence electrons. The minimum atomic E-state index is -4.93. The zero-order valence-corrected chi connectivity index (χ0v) is 11.8. The lowest BCUT2D eigenvalue weighted by Gasteiger charge is -2.13. The maximum absolute atomic E-state index is 12.7. The molecular formula is C13H7F6NO2S. The van der Waals surface area contributed by atoms with Crippen LogP contribution in [0.25, 0.3) is 0 Å². The second-order valence-electron chi connectivity index (χ2n) is 4.51. The molecule has 3 nitrogen and oxygen atoms in total. The molecule has 0 radical (unpaired) electrons. The number of aromatic nitrogens is 1. The summed E-state index contributed by atoms with van der Waals surface area (Å²) in [5.74, 6) is -1.27. The van der Waals surface area contributed by atoms with E-state index in [1.54, 1.807) is 0 Å². The van der Waals surface area contributed by atoms with Crippen molar-refractivity contribution in [2.24, 2.45) is 0 Å². The molecule has 1 aromatic carbocycles. The molecule has 0 saturated carbocycles. The van der Waals surface area contributed by atoms with E-state index in [2.05, 4.69) is 4.98 Å². The Hall–Kier alpha value is -2.10. The summed E-state index contributed by atoms with van der Waals surface area (Å²) in [5.41, 5.74) is -3.09. The van der Waals surface area contributed by atoms with Crippen molar-refractivity contribution in [3.05, 3.63) is 51.0 Å². The van der Waals surface area contributed by atoms with E-state index in [0.717, 1.165) is 6.20 Å². The Kier molecular flexibility index (Phi) is 4.38. The van der Waals surface area contributed by atoms with Crippen molar-refractivity contribution in [2.75, 3.05) is 0 Å². The average molecular weight is 355 g/mol. The van der Waals surface area contributed by atoms with Crippen LogP contribution < -0.4 is 0 Å². The summed E-state index contributed by atoms with van der Waals surface area (Å²) in [6, 6.07) is 1.22. The van der Waals surface area contributed by atoms with Gasteiger partial charge in [-0.2, -0.15) is 26.3 Å². The topological polar surface area (TPSA) is 50.2 Å². The average Bonchev–Trinajstić information content (AvgIpc) is 2.85. The third-order valence-corrected chi connectivity index (χ3v) is 3.75. The molecule has 0 saturated heterocycles. The smallest absolute Gasteiger partial charge is 0.416 e. The van der Waals surface area contributed by atoms with E-state index in [1.807, 2.05) is 0 Å². The molecule has 0 atom stereocenters. The molecule has 2 rings (SSSR count). The van der Waals surface area contributed by atoms with Gasteiger partial charge in [-0.05, 0) is 23.8 Å². The van der Waals surface area contributed by atoms with Crippen LogP contribution in [0.1, 0.15) is 31.4 Å². The highest BCUT2D eigenvalue weighted by atomic mass is 32.1. The molecule has 0 bridgehead atoms. The predicted molar refractivity (Wildman–Crippen MR) is 68.3 cm³/mol. The number of nitrogens with zero attached hydrogens (tertiary/aromatic N) is 1. The summed E-state index contributed by atoms with van der Waals surface area (Å²) < 4.78 is 76.4. The number of alkyl halides is 6. The third-order valence-electron chi connectivity index (χ3n) is 2.77. The van der Waals surface area contributed by atoms with Crippen molar-refractivity contribution in [2.45, 2.75) is 18.8 Å². The fourth-order valence-corrected chi connectivity index (χ4v) is 2.58. The maximum atomic E-state index is 12.7. The van der Waals surface area contributed by atoms with Crippen LogP contribution in [0.4, 0.5) is 26.3 Å². The Balaban J connectivity index is 2.42. The van der Waals surface area contributed by atoms with E-state index in [1.165, 1.54) is 0 Å². The van der Waals surface area contributed by atoms with Crippen molar-refractivity contribution in [1.29, 1.82) is 0 Å². The van der Waals surface area contributed by atoms with Crippen LogP contribution in [-0.4, -0.2) is 16.1 Å². The van der Waals surface area contributed by atoms with Gasteiger partial charge in [-0.25, -0.2) is 9.78 Å². The lowest BCUT2D eigenvalue weighted by atomic mass is 10.0. The van der Waals surface area contributed by atoms with Gasteiger partial charge in [-0.3, -0.25) is 0 Å². The summed E-state index contributed by atoms with van der Waals surface area (Å²) in [6.45, 7) is 0. The van der Waals surface area contributed by atoms with E-state index in [-0.39, 0.29) is 27.9 Å². The highest BCUT2D eigenvalue weighted by molar-refractivity contribution is 7.13. The molecule has 1 heterocycles. The van der Waals surface area contributed by atoms with Gasteiger partial charge in [0.2, 0.25) is 0 Å². The monoisotopic (exact) mass is 355 g/mol. The highest BCUT2D eigenvalue weighted by Crippen LogP contribution is 2.36. The molecule has 0 unspecified atom stereocenters. The van der Waals surface area contributed by atoms with Crippen LogP contribution in [0.2, 0.25) is 0 Å². The minimum Gasteiger partial charge on any atom is -0.477 e. The fraction of sp³-hybridized carbons (Fsp3) is 0.231. The summed E-state index contributed by atoms with van der Waals surface area (Å²) >= 11 is 0.689. The molecule has 2 aromatic rings. The van der Waals surface area contributed by atoms with E-state index >= 15 is 0 Å². The van der Waals surface area contributed by atoms with Crippen LogP contribution in [0.3, 0.4) is 0 Å². The summed E-state index contributed by atoms with van der Waals surface area (Å²) in [5, 5.41) is 8.85. The number of carboxylic acid groups (broad SMARTS) is 1. The van der Waals surface area contributed by atoms with Gasteiger partial charge in [-0.15, -0.1) is 11.3 Å². The van der Waals surface area contributed by atoms with Crippen LogP contribution in [0.15, 0.2) is 24.4 Å². The molecule has 0 aliphatic carbocycles. The maximum Gasteiger partial charge on any atom is 0.416 e. The van der Waals surface area contributed by atoms with Gasteiger partial charge >= 0.3 is 18.3 Å². The zero-order chi connectivity index (χ0) is 17.4. The van der Waals surface area contributed by atoms with Crippen molar-refractivity contribution in [1.82, 2.24) is 4.98 Å². The van der Waals surface area contributed by atoms with Crippen LogP contribution in [-0.2, 0) is 18.8 Å². The number of benzene rings is 1. The van der Waals surface area contributed by atoms with Gasteiger partial charge in [-0.1, -0.05) is 0 Å². The number of halogens is 6. The first-order valence-corrected chi connectivity index (χ1v) is 6.75. The first-order chi connectivity index (χ1) is 10.5. The Labute approximate surface area is 129 Å². The van der Waals surface area contributed by atoms with Gasteiger partial charge in [0.05, 0.1) is 22.3 Å². The molecule has 0 aliphatic heterocycles. The van der Waals surface area contributed by atoms with E-state index in [0.29, 0.717) is 23.5 Å². The SMILES string of the molecule is O=C(O)c1cnc(Cc2cc(C(F)(F)F)cc(C(F)(F)F)c2)s1. The number of aromatic carboxylic acids is 1. The standard InChI is InChI=1S/C13H7F6NO2S/c14-12(15,16)7-1-6(2-8(4-7)13(17,18)19)3-10-20-5-9(23-10)11(21)22/h1-2,4-5H,3H2,(H,21,22). The first-order valence-electron chi connectivity index (χ1n) is 5.93. The summed E-state index contributed by atoms with van der Waals surface area (Å²) in [7, 11) is 0. The number of hydrogen-bond acceptors (Lipinski definition) is 3. The Morgan fingerprint density at radius 1 is 1.04 bits per heavy atom. The molecule has 1 N–H and O–H groups in total. The minimum absolute atomic E-state index is 0.0357. The highest BCUT2D eigenvalue weighted by Gasteiger charge is 2.36. The number of hydrogen-bond donors (Lipinski definition) is 1. The van der Waals surface area contributed by atoms with Gasteiger partial charge in [0, 0.05) is 6.42 Å². The van der Waals surface area contributed by atoms with Crippen molar-refractivity contribution < 1.29 is 36.2 Å². The number of carboxylic acids is 1. The van der Waals surface area contributed by atoms with Crippen molar-refractivity contribution in [3.63, 3.8) is 0 Å². The normalized spacial score (nSPS) is 12.4. The third kappa shape index (κ3) is 4.21. The lowest BCUT2D eigenvalue weighted by molar-refractivity contribution is -0.143. The van der Waals surface area contributed by atoms with Gasteiger partial charge in [0.25, 0.3) is 0 Å². The molecule has 0 amide bonds. The molecule has 10 heteroatoms. The van der Waals surface area contributed by atoms with Gasteiger partial charge in [0.15, 0.2) is 0 Å². The zero-order valence-electron chi connectivity index (χ0n) is 11.0. The fourth-order valence-electron chi connectivity index (χ4n) is 1.79. The molecule has 0 fully saturated rings. The van der Waals surface area contributed by atoms with Crippen LogP contribution in [0, 0.1) is 0 Å². The van der Waals surface area contributed by atoms with Crippen LogP contribution >= 0.6 is 11.3 Å². The second kappa shape index (κ2) is 5.84. The molecule has 0 spiro atoms. The Morgan fingerprint density at radius 2 is 1.57 bits per heavy atom. The lowest BCUT2D eigenvalue weighted by Crippen LogP contribution is -2.11. The van der Waals surface area contributed by atoms with Gasteiger partial charge in [0.1, 0.15) is 4.88 Å². The largest absolute Gasteiger partial charge is 0.477 e. The van der Waals surface area contributed by atoms with E-state index in [4.69, 9.17) is 5.11 Å². The first kappa shape index (κ1) is 17.3. The molecule has 1 aromatic heterocycles. The Bertz CT molecular complexity index is 703. The van der Waals surface area contributed by atoms with Crippen molar-refractivity contribution >= 4 is 17.3 Å². The number of thiazole rings is 1. The van der Waals surface area contributed by atoms with E-state index < -0.39 is 29.4 Å². The van der Waals surface area contributed by atoms with Gasteiger partial charge < -0.3 is 5.11 Å². The number of rotatable bonds is 3. The quantitative estimate of drug-likeness (QED) is 0.827. The van der Waals surface area contributed by atoms with E-state index in [9.17, 15) is 31.1 Å². The summed E-state index contributed by atoms with van der Waals surface area (Å²) in [6.07, 6.45) is -9.18. The predicted octanol–water partition coefficient (Wildman–Crippen LogP) is 4.47. The summed E-state index contributed by atoms with van der Waals surface area (Å²) in [4.78, 5) is 14.3. The number of carbonyl (C=O) groups is 1. The second-order valence-corrected chi connectivity index (χ2v) is 5.63.